The summed E-state index contributed by atoms with van der Waals surface area (Å²) in [6, 6.07) is 0. The summed E-state index contributed by atoms with van der Waals surface area (Å²) in [5.41, 5.74) is 0. The molecule has 1 rings (SSSR count). The molecule has 0 amide bonds. The topological polar surface area (TPSA) is 9.23 Å². The van der Waals surface area contributed by atoms with Crippen LogP contribution in [0.3, 0.4) is 0 Å². The van der Waals surface area contributed by atoms with Gasteiger partial charge in [0.05, 0.1) is 22.4 Å². The van der Waals surface area contributed by atoms with E-state index < -0.39 is 0 Å². The minimum absolute atomic E-state index is 0.384. The van der Waals surface area contributed by atoms with Crippen molar-refractivity contribution in [2.24, 2.45) is 5.92 Å². The largest absolute Gasteiger partial charge is 0.304 e. The maximum absolute atomic E-state index is 5.06. The lowest BCUT2D eigenvalue weighted by Crippen LogP contribution is -2.12. The number of hydrogen-bond acceptors (Lipinski definition) is 1. The monoisotopic (exact) mass is 190 g/mol. The molecule has 1 aliphatic rings. The lowest BCUT2D eigenvalue weighted by Gasteiger charge is -2.12. The molecule has 52 valence electrons. The molecule has 0 radical (unpaired) electrons. The van der Waals surface area contributed by atoms with Gasteiger partial charge in [-0.1, -0.05) is 19.1 Å². The molecule has 0 aliphatic heterocycles. The highest BCUT2D eigenvalue weighted by atomic mass is 79.9. The average Bonchev–Trinajstić information content (AvgIpc) is 2.33. The Labute approximate surface area is 64.5 Å². The zero-order valence-electron chi connectivity index (χ0n) is 5.51. The Morgan fingerprint density at radius 2 is 2.56 bits per heavy atom. The number of rotatable bonds is 2. The molecule has 1 nitrogen and oxygen atoms in total. The molecule has 0 bridgehead atoms. The van der Waals surface area contributed by atoms with Crippen LogP contribution in [-0.2, 0) is 3.83 Å². The average molecular weight is 191 g/mol. The highest BCUT2D eigenvalue weighted by Gasteiger charge is 2.20. The second-order valence-corrected chi connectivity index (χ2v) is 2.74. The summed E-state index contributed by atoms with van der Waals surface area (Å²) in [7, 11) is 0. The van der Waals surface area contributed by atoms with Crippen LogP contribution in [0.1, 0.15) is 19.8 Å². The van der Waals surface area contributed by atoms with Crippen molar-refractivity contribution in [3.8, 4) is 0 Å². The SMILES string of the molecule is CC[C@@H]1C=CC[C@@H]1OBr. The first-order valence-corrected chi connectivity index (χ1v) is 3.97. The zero-order chi connectivity index (χ0) is 6.69. The molecule has 0 fully saturated rings. The summed E-state index contributed by atoms with van der Waals surface area (Å²) in [5, 5.41) is 0. The van der Waals surface area contributed by atoms with Gasteiger partial charge in [0.2, 0.25) is 0 Å². The van der Waals surface area contributed by atoms with Crippen molar-refractivity contribution in [2.75, 3.05) is 0 Å². The van der Waals surface area contributed by atoms with E-state index in [-0.39, 0.29) is 0 Å². The molecule has 2 heteroatoms. The van der Waals surface area contributed by atoms with E-state index in [9.17, 15) is 0 Å². The van der Waals surface area contributed by atoms with Gasteiger partial charge in [0.15, 0.2) is 0 Å². The van der Waals surface area contributed by atoms with Crippen LogP contribution in [0, 0.1) is 5.92 Å². The summed E-state index contributed by atoms with van der Waals surface area (Å²) in [6.45, 7) is 2.18. The second-order valence-electron chi connectivity index (χ2n) is 2.36. The molecule has 0 spiro atoms. The molecule has 0 heterocycles. The first kappa shape index (κ1) is 7.29. The molecule has 9 heavy (non-hydrogen) atoms. The van der Waals surface area contributed by atoms with Crippen molar-refractivity contribution in [3.05, 3.63) is 12.2 Å². The Balaban J connectivity index is 2.39. The van der Waals surface area contributed by atoms with E-state index >= 15 is 0 Å². The van der Waals surface area contributed by atoms with E-state index in [4.69, 9.17) is 3.83 Å². The maximum Gasteiger partial charge on any atom is 0.0991 e. The Kier molecular flexibility index (Phi) is 2.73. The summed E-state index contributed by atoms with van der Waals surface area (Å²) in [5.74, 6) is 0.629. The van der Waals surface area contributed by atoms with E-state index in [1.54, 1.807) is 0 Å². The van der Waals surface area contributed by atoms with Crippen molar-refractivity contribution in [1.29, 1.82) is 0 Å². The van der Waals surface area contributed by atoms with Gasteiger partial charge in [-0.25, -0.2) is 0 Å². The molecule has 0 unspecified atom stereocenters. The third kappa shape index (κ3) is 1.55. The third-order valence-corrected chi connectivity index (χ3v) is 2.30. The van der Waals surface area contributed by atoms with Crippen molar-refractivity contribution >= 4 is 16.3 Å². The van der Waals surface area contributed by atoms with E-state index in [1.807, 2.05) is 0 Å². The van der Waals surface area contributed by atoms with Crippen molar-refractivity contribution in [1.82, 2.24) is 0 Å². The highest BCUT2D eigenvalue weighted by Crippen LogP contribution is 2.25. The Morgan fingerprint density at radius 1 is 1.78 bits per heavy atom. The van der Waals surface area contributed by atoms with Crippen molar-refractivity contribution in [3.63, 3.8) is 0 Å². The van der Waals surface area contributed by atoms with Gasteiger partial charge in [0.1, 0.15) is 0 Å². The number of hydrogen-bond donors (Lipinski definition) is 0. The van der Waals surface area contributed by atoms with Crippen LogP contribution in [-0.4, -0.2) is 6.10 Å². The molecule has 0 aromatic carbocycles. The lowest BCUT2D eigenvalue weighted by atomic mass is 10.0. The molecule has 0 aromatic heterocycles. The quantitative estimate of drug-likeness (QED) is 0.609. The molecule has 0 saturated carbocycles. The molecule has 0 aromatic rings. The van der Waals surface area contributed by atoms with Gasteiger partial charge >= 0.3 is 0 Å². The minimum Gasteiger partial charge on any atom is -0.304 e. The predicted molar refractivity (Wildman–Crippen MR) is 41.3 cm³/mol. The van der Waals surface area contributed by atoms with Crippen molar-refractivity contribution in [2.45, 2.75) is 25.9 Å². The molecule has 2 atom stereocenters. The van der Waals surface area contributed by atoms with Crippen LogP contribution in [0.25, 0.3) is 0 Å². The van der Waals surface area contributed by atoms with Crippen LogP contribution in [0.15, 0.2) is 12.2 Å². The van der Waals surface area contributed by atoms with Gasteiger partial charge in [0, 0.05) is 5.92 Å². The Hall–Kier alpha value is 0.180. The first-order valence-electron chi connectivity index (χ1n) is 3.32. The van der Waals surface area contributed by atoms with Gasteiger partial charge in [-0.15, -0.1) is 0 Å². The van der Waals surface area contributed by atoms with E-state index in [0.717, 1.165) is 6.42 Å². The van der Waals surface area contributed by atoms with Gasteiger partial charge in [0.25, 0.3) is 0 Å². The Bertz CT molecular complexity index is 111. The maximum atomic E-state index is 5.06. The first-order chi connectivity index (χ1) is 4.38. The third-order valence-electron chi connectivity index (χ3n) is 1.82. The van der Waals surface area contributed by atoms with E-state index in [2.05, 4.69) is 35.3 Å². The second kappa shape index (κ2) is 3.37. The molecular formula is C7H11BrO. The standard InChI is InChI=1S/C7H11BrO/c1-2-6-4-3-5-7(6)9-8/h3-4,6-7H,2,5H2,1H3/t6-,7+/m1/s1. The fourth-order valence-corrected chi connectivity index (χ4v) is 1.62. The highest BCUT2D eigenvalue weighted by molar-refractivity contribution is 9.06. The van der Waals surface area contributed by atoms with Gasteiger partial charge < -0.3 is 3.83 Å². The van der Waals surface area contributed by atoms with Crippen LogP contribution >= 0.6 is 16.3 Å². The van der Waals surface area contributed by atoms with Crippen LogP contribution < -0.4 is 0 Å². The zero-order valence-corrected chi connectivity index (χ0v) is 7.10. The summed E-state index contributed by atoms with van der Waals surface area (Å²) < 4.78 is 5.06. The van der Waals surface area contributed by atoms with Crippen LogP contribution in [0.4, 0.5) is 0 Å². The predicted octanol–water partition coefficient (Wildman–Crippen LogP) is 2.67. The van der Waals surface area contributed by atoms with E-state index in [0.29, 0.717) is 12.0 Å². The fourth-order valence-electron chi connectivity index (χ4n) is 1.19. The van der Waals surface area contributed by atoms with Crippen molar-refractivity contribution < 1.29 is 3.83 Å². The number of halogens is 1. The normalized spacial score (nSPS) is 33.6. The summed E-state index contributed by atoms with van der Waals surface area (Å²) in [6.07, 6.45) is 7.03. The lowest BCUT2D eigenvalue weighted by molar-refractivity contribution is 0.215. The molecular weight excluding hydrogens is 180 g/mol. The Morgan fingerprint density at radius 3 is 3.00 bits per heavy atom. The van der Waals surface area contributed by atoms with Gasteiger partial charge in [-0.2, -0.15) is 0 Å². The van der Waals surface area contributed by atoms with Gasteiger partial charge in [-0.05, 0) is 12.8 Å². The van der Waals surface area contributed by atoms with Gasteiger partial charge in [-0.3, -0.25) is 0 Å². The summed E-state index contributed by atoms with van der Waals surface area (Å²) in [4.78, 5) is 0. The molecule has 0 saturated heterocycles. The van der Waals surface area contributed by atoms with Crippen LogP contribution in [0.2, 0.25) is 0 Å². The fraction of sp³-hybridized carbons (Fsp3) is 0.714. The molecule has 1 aliphatic carbocycles. The van der Waals surface area contributed by atoms with Crippen LogP contribution in [0.5, 0.6) is 0 Å². The molecule has 0 N–H and O–H groups in total. The van der Waals surface area contributed by atoms with E-state index in [1.165, 1.54) is 6.42 Å². The minimum atomic E-state index is 0.384. The smallest absolute Gasteiger partial charge is 0.0991 e. The summed E-state index contributed by atoms with van der Waals surface area (Å²) >= 11 is 3.02.